The highest BCUT2D eigenvalue weighted by Gasteiger charge is 2.22. The van der Waals surface area contributed by atoms with Crippen LogP contribution in [-0.4, -0.2) is 35.2 Å². The van der Waals surface area contributed by atoms with Crippen LogP contribution in [0.4, 0.5) is 9.59 Å². The van der Waals surface area contributed by atoms with Crippen LogP contribution in [-0.2, 0) is 32.3 Å². The molecule has 0 bridgehead atoms. The quantitative estimate of drug-likeness (QED) is 0.575. The molecule has 0 aliphatic carbocycles. The van der Waals surface area contributed by atoms with Gasteiger partial charge in [-0.15, -0.1) is 0 Å². The van der Waals surface area contributed by atoms with E-state index in [1.807, 2.05) is 17.4 Å². The summed E-state index contributed by atoms with van der Waals surface area (Å²) in [6, 6.07) is 16.4. The minimum absolute atomic E-state index is 0.00743. The van der Waals surface area contributed by atoms with E-state index < -0.39 is 30.1 Å². The van der Waals surface area contributed by atoms with Gasteiger partial charge in [0.15, 0.2) is 0 Å². The maximum atomic E-state index is 11.8. The van der Waals surface area contributed by atoms with Crippen molar-refractivity contribution in [3.05, 3.63) is 71.8 Å². The predicted octanol–water partition coefficient (Wildman–Crippen LogP) is 2.60. The monoisotopic (exact) mass is 414 g/mol. The normalized spacial score (nSPS) is 11.1. The van der Waals surface area contributed by atoms with Gasteiger partial charge in [-0.05, 0) is 17.5 Å². The lowest BCUT2D eigenvalue weighted by molar-refractivity contribution is -0.139. The molecule has 0 unspecified atom stereocenters. The molecule has 9 heteroatoms. The highest BCUT2D eigenvalue weighted by molar-refractivity contribution is 5.92. The van der Waals surface area contributed by atoms with E-state index in [0.717, 1.165) is 11.1 Å². The zero-order valence-electron chi connectivity index (χ0n) is 16.1. The molecule has 0 spiro atoms. The van der Waals surface area contributed by atoms with Gasteiger partial charge in [-0.3, -0.25) is 10.1 Å². The molecule has 0 heterocycles. The molecule has 0 radical (unpaired) electrons. The van der Waals surface area contributed by atoms with E-state index in [2.05, 4.69) is 5.32 Å². The second-order valence-corrected chi connectivity index (χ2v) is 6.25. The van der Waals surface area contributed by atoms with Crippen LogP contribution in [0.25, 0.3) is 0 Å². The minimum atomic E-state index is -1.35. The molecular formula is C21H22N2O7. The van der Waals surface area contributed by atoms with Crippen LogP contribution in [0.5, 0.6) is 0 Å². The Morgan fingerprint density at radius 2 is 1.30 bits per heavy atom. The molecule has 30 heavy (non-hydrogen) atoms. The van der Waals surface area contributed by atoms with Gasteiger partial charge in [0, 0.05) is 6.42 Å². The summed E-state index contributed by atoms with van der Waals surface area (Å²) in [6.45, 7) is -0.0285. The number of imide groups is 1. The smallest absolute Gasteiger partial charge is 0.414 e. The van der Waals surface area contributed by atoms with Crippen molar-refractivity contribution in [3.8, 4) is 0 Å². The Kier molecular flexibility index (Phi) is 8.85. The van der Waals surface area contributed by atoms with E-state index in [1.54, 1.807) is 48.5 Å². The summed E-state index contributed by atoms with van der Waals surface area (Å²) in [5.74, 6) is -2.05. The number of benzene rings is 2. The maximum absolute atomic E-state index is 11.8. The first kappa shape index (κ1) is 22.4. The Labute approximate surface area is 173 Å². The molecule has 2 rings (SSSR count). The highest BCUT2D eigenvalue weighted by Crippen LogP contribution is 2.04. The van der Waals surface area contributed by atoms with Crippen molar-refractivity contribution >= 4 is 24.1 Å². The lowest BCUT2D eigenvalue weighted by Crippen LogP contribution is -2.42. The number of aliphatic carboxylic acids is 1. The fourth-order valence-corrected chi connectivity index (χ4v) is 2.38. The Morgan fingerprint density at radius 3 is 1.80 bits per heavy atom. The number of hydrogen-bond acceptors (Lipinski definition) is 6. The van der Waals surface area contributed by atoms with Crippen LogP contribution in [0.1, 0.15) is 24.0 Å². The molecule has 0 aromatic heterocycles. The third-order valence-corrected chi connectivity index (χ3v) is 3.92. The lowest BCUT2D eigenvalue weighted by Gasteiger charge is -2.14. The first-order valence-electron chi connectivity index (χ1n) is 9.14. The Balaban J connectivity index is 1.71. The van der Waals surface area contributed by atoms with Crippen molar-refractivity contribution in [1.82, 2.24) is 10.6 Å². The molecule has 0 fully saturated rings. The van der Waals surface area contributed by atoms with E-state index in [-0.39, 0.29) is 26.1 Å². The number of hydrogen-bond donors (Lipinski definition) is 3. The van der Waals surface area contributed by atoms with Gasteiger partial charge in [0.1, 0.15) is 19.3 Å². The van der Waals surface area contributed by atoms with Gasteiger partial charge in [0.05, 0.1) is 0 Å². The lowest BCUT2D eigenvalue weighted by atomic mass is 10.1. The Hall–Kier alpha value is -3.88. The molecule has 1 atom stereocenters. The molecule has 3 amide bonds. The number of amides is 3. The standard InChI is InChI=1S/C21H22N2O7/c24-18(23-21(28)30-14-16-9-5-2-6-10-16)12-11-17(19(25)26)22-20(27)29-13-15-7-3-1-4-8-15/h1-10,17H,11-14H2,(H,22,27)(H,25,26)(H,23,24,28)/t17-/m0/s1. The summed E-state index contributed by atoms with van der Waals surface area (Å²) in [5, 5.41) is 13.4. The average Bonchev–Trinajstić information content (AvgIpc) is 2.75. The van der Waals surface area contributed by atoms with E-state index in [9.17, 15) is 24.3 Å². The van der Waals surface area contributed by atoms with Crippen LogP contribution >= 0.6 is 0 Å². The third kappa shape index (κ3) is 8.42. The third-order valence-electron chi connectivity index (χ3n) is 3.92. The van der Waals surface area contributed by atoms with Gasteiger partial charge in [-0.1, -0.05) is 60.7 Å². The molecule has 158 valence electrons. The minimum Gasteiger partial charge on any atom is -0.480 e. The summed E-state index contributed by atoms with van der Waals surface area (Å²) in [5.41, 5.74) is 1.50. The summed E-state index contributed by atoms with van der Waals surface area (Å²) < 4.78 is 9.88. The zero-order valence-corrected chi connectivity index (χ0v) is 16.1. The molecule has 2 aromatic rings. The Morgan fingerprint density at radius 1 is 0.800 bits per heavy atom. The largest absolute Gasteiger partial charge is 0.480 e. The van der Waals surface area contributed by atoms with Crippen molar-refractivity contribution in [2.45, 2.75) is 32.1 Å². The number of carbonyl (C=O) groups excluding carboxylic acids is 3. The van der Waals surface area contributed by atoms with Gasteiger partial charge < -0.3 is 19.9 Å². The summed E-state index contributed by atoms with van der Waals surface area (Å²) >= 11 is 0. The van der Waals surface area contributed by atoms with Gasteiger partial charge >= 0.3 is 18.2 Å². The number of carboxylic acid groups (broad SMARTS) is 1. The second-order valence-electron chi connectivity index (χ2n) is 6.25. The molecule has 9 nitrogen and oxygen atoms in total. The van der Waals surface area contributed by atoms with Crippen LogP contribution in [0.2, 0.25) is 0 Å². The highest BCUT2D eigenvalue weighted by atomic mass is 16.6. The number of carboxylic acids is 1. The van der Waals surface area contributed by atoms with Gasteiger partial charge in [0.25, 0.3) is 0 Å². The number of alkyl carbamates (subject to hydrolysis) is 2. The fraction of sp³-hybridized carbons (Fsp3) is 0.238. The molecule has 0 aliphatic heterocycles. The average molecular weight is 414 g/mol. The van der Waals surface area contributed by atoms with Gasteiger partial charge in [-0.25, -0.2) is 14.4 Å². The number of rotatable bonds is 9. The molecule has 0 saturated heterocycles. The SMILES string of the molecule is O=C(CC[C@H](NC(=O)OCc1ccccc1)C(=O)O)NC(=O)OCc1ccccc1. The molecule has 0 saturated carbocycles. The van der Waals surface area contributed by atoms with Crippen LogP contribution in [0.3, 0.4) is 0 Å². The van der Waals surface area contributed by atoms with Crippen LogP contribution < -0.4 is 10.6 Å². The topological polar surface area (TPSA) is 131 Å². The van der Waals surface area contributed by atoms with Crippen LogP contribution in [0, 0.1) is 0 Å². The summed E-state index contributed by atoms with van der Waals surface area (Å²) in [6.07, 6.45) is -2.40. The van der Waals surface area contributed by atoms with Crippen molar-refractivity contribution < 1.29 is 33.8 Å². The predicted molar refractivity (Wildman–Crippen MR) is 105 cm³/mol. The van der Waals surface area contributed by atoms with Crippen molar-refractivity contribution in [1.29, 1.82) is 0 Å². The summed E-state index contributed by atoms with van der Waals surface area (Å²) in [4.78, 5) is 46.6. The number of carbonyl (C=O) groups is 4. The van der Waals surface area contributed by atoms with Crippen molar-refractivity contribution in [2.75, 3.05) is 0 Å². The van der Waals surface area contributed by atoms with Crippen molar-refractivity contribution in [2.24, 2.45) is 0 Å². The molecular weight excluding hydrogens is 392 g/mol. The number of ether oxygens (including phenoxy) is 2. The molecule has 0 aliphatic rings. The van der Waals surface area contributed by atoms with E-state index >= 15 is 0 Å². The first-order valence-corrected chi connectivity index (χ1v) is 9.14. The first-order chi connectivity index (χ1) is 14.4. The summed E-state index contributed by atoms with van der Waals surface area (Å²) in [7, 11) is 0. The van der Waals surface area contributed by atoms with E-state index in [1.165, 1.54) is 0 Å². The van der Waals surface area contributed by atoms with E-state index in [4.69, 9.17) is 9.47 Å². The fourth-order valence-electron chi connectivity index (χ4n) is 2.38. The van der Waals surface area contributed by atoms with Crippen LogP contribution in [0.15, 0.2) is 60.7 Å². The van der Waals surface area contributed by atoms with Gasteiger partial charge in [-0.2, -0.15) is 0 Å². The van der Waals surface area contributed by atoms with Crippen molar-refractivity contribution in [3.63, 3.8) is 0 Å². The van der Waals surface area contributed by atoms with E-state index in [0.29, 0.717) is 0 Å². The maximum Gasteiger partial charge on any atom is 0.414 e. The molecule has 2 aromatic carbocycles. The Bertz CT molecular complexity index is 856. The second kappa shape index (κ2) is 11.8. The molecule has 3 N–H and O–H groups in total. The zero-order chi connectivity index (χ0) is 21.8. The number of nitrogens with one attached hydrogen (secondary N) is 2. The van der Waals surface area contributed by atoms with Gasteiger partial charge in [0.2, 0.25) is 5.91 Å².